The number of anilines is 1. The highest BCUT2D eigenvalue weighted by Gasteiger charge is 2.24. The number of rotatable bonds is 4. The van der Waals surface area contributed by atoms with E-state index in [9.17, 15) is 10.1 Å². The topological polar surface area (TPSA) is 49.6 Å². The fourth-order valence-electron chi connectivity index (χ4n) is 2.97. The molecule has 6 heteroatoms. The first-order chi connectivity index (χ1) is 10.1. The van der Waals surface area contributed by atoms with Gasteiger partial charge in [0, 0.05) is 36.4 Å². The Labute approximate surface area is 130 Å². The van der Waals surface area contributed by atoms with E-state index >= 15 is 0 Å². The summed E-state index contributed by atoms with van der Waals surface area (Å²) in [6.07, 6.45) is 2.15. The molecule has 0 spiro atoms. The number of nitrogens with zero attached hydrogens (tertiary/aromatic N) is 3. The summed E-state index contributed by atoms with van der Waals surface area (Å²) in [6, 6.07) is 5.73. The first-order valence-electron chi connectivity index (χ1n) is 7.35. The number of hydrogen-bond donors (Lipinski definition) is 0. The zero-order valence-corrected chi connectivity index (χ0v) is 13.3. The molecule has 1 aromatic carbocycles. The SMILES string of the molecule is CCC1CN(C)CCCN1c1ccc([N+](=O)[O-])c(CCl)c1. The summed E-state index contributed by atoms with van der Waals surface area (Å²) in [6.45, 7) is 5.26. The molecule has 1 aromatic rings. The molecular weight excluding hydrogens is 290 g/mol. The maximum Gasteiger partial charge on any atom is 0.273 e. The second-order valence-electron chi connectivity index (χ2n) is 5.58. The predicted molar refractivity (Wildman–Crippen MR) is 86.2 cm³/mol. The Bertz CT molecular complexity index is 510. The van der Waals surface area contributed by atoms with Gasteiger partial charge in [-0.2, -0.15) is 0 Å². The fourth-order valence-corrected chi connectivity index (χ4v) is 3.18. The third kappa shape index (κ3) is 3.66. The summed E-state index contributed by atoms with van der Waals surface area (Å²) in [7, 11) is 2.15. The first-order valence-corrected chi connectivity index (χ1v) is 7.88. The fraction of sp³-hybridized carbons (Fsp3) is 0.600. The quantitative estimate of drug-likeness (QED) is 0.486. The van der Waals surface area contributed by atoms with E-state index < -0.39 is 0 Å². The Kier molecular flexibility index (Phi) is 5.42. The zero-order valence-electron chi connectivity index (χ0n) is 12.6. The van der Waals surface area contributed by atoms with E-state index in [1.54, 1.807) is 6.07 Å². The lowest BCUT2D eigenvalue weighted by Gasteiger charge is -2.32. The molecule has 0 N–H and O–H groups in total. The second-order valence-corrected chi connectivity index (χ2v) is 5.84. The van der Waals surface area contributed by atoms with Gasteiger partial charge in [0.05, 0.1) is 10.8 Å². The molecule has 1 aliphatic heterocycles. The molecule has 0 amide bonds. The van der Waals surface area contributed by atoms with E-state index in [1.165, 1.54) is 0 Å². The number of nitro groups is 1. The van der Waals surface area contributed by atoms with Gasteiger partial charge in [-0.1, -0.05) is 6.92 Å². The molecule has 116 valence electrons. The molecule has 0 aromatic heterocycles. The normalized spacial score (nSPS) is 20.3. The van der Waals surface area contributed by atoms with Gasteiger partial charge < -0.3 is 9.80 Å². The standard InChI is InChI=1S/C15H22ClN3O2/c1-3-13-11-17(2)7-4-8-18(13)14-5-6-15(19(20)21)12(9-14)10-16/h5-6,9,13H,3-4,7-8,10-11H2,1-2H3. The average Bonchev–Trinajstić information content (AvgIpc) is 2.67. The summed E-state index contributed by atoms with van der Waals surface area (Å²) in [5.41, 5.74) is 1.73. The van der Waals surface area contributed by atoms with Gasteiger partial charge >= 0.3 is 0 Å². The molecule has 0 radical (unpaired) electrons. The van der Waals surface area contributed by atoms with E-state index in [-0.39, 0.29) is 16.5 Å². The van der Waals surface area contributed by atoms with Crippen LogP contribution >= 0.6 is 11.6 Å². The highest BCUT2D eigenvalue weighted by molar-refractivity contribution is 6.17. The molecule has 1 atom stereocenters. The Morgan fingerprint density at radius 3 is 2.81 bits per heavy atom. The van der Waals surface area contributed by atoms with Crippen LogP contribution in [0.5, 0.6) is 0 Å². The number of hydrogen-bond acceptors (Lipinski definition) is 4. The number of alkyl halides is 1. The van der Waals surface area contributed by atoms with E-state index in [4.69, 9.17) is 11.6 Å². The average molecular weight is 312 g/mol. The monoisotopic (exact) mass is 311 g/mol. The van der Waals surface area contributed by atoms with E-state index in [1.807, 2.05) is 12.1 Å². The molecular formula is C15H22ClN3O2. The van der Waals surface area contributed by atoms with Crippen LogP contribution in [0, 0.1) is 10.1 Å². The van der Waals surface area contributed by atoms with Crippen LogP contribution in [0.1, 0.15) is 25.3 Å². The van der Waals surface area contributed by atoms with Crippen molar-refractivity contribution in [2.75, 3.05) is 31.6 Å². The van der Waals surface area contributed by atoms with E-state index in [2.05, 4.69) is 23.8 Å². The van der Waals surface area contributed by atoms with Crippen LogP contribution in [0.25, 0.3) is 0 Å². The lowest BCUT2D eigenvalue weighted by molar-refractivity contribution is -0.385. The second kappa shape index (κ2) is 7.09. The number of nitro benzene ring substituents is 1. The van der Waals surface area contributed by atoms with E-state index in [0.29, 0.717) is 11.6 Å². The molecule has 1 fully saturated rings. The van der Waals surface area contributed by atoms with Crippen LogP contribution < -0.4 is 4.90 Å². The molecule has 1 heterocycles. The van der Waals surface area contributed by atoms with Crippen LogP contribution in [0.2, 0.25) is 0 Å². The Morgan fingerprint density at radius 2 is 2.19 bits per heavy atom. The molecule has 2 rings (SSSR count). The van der Waals surface area contributed by atoms with Crippen molar-refractivity contribution in [2.24, 2.45) is 0 Å². The smallest absolute Gasteiger partial charge is 0.273 e. The highest BCUT2D eigenvalue weighted by atomic mass is 35.5. The Balaban J connectivity index is 2.32. The van der Waals surface area contributed by atoms with Crippen molar-refractivity contribution in [3.8, 4) is 0 Å². The van der Waals surface area contributed by atoms with Gasteiger partial charge in [-0.05, 0) is 38.6 Å². The highest BCUT2D eigenvalue weighted by Crippen LogP contribution is 2.29. The predicted octanol–water partition coefficient (Wildman–Crippen LogP) is 3.25. The van der Waals surface area contributed by atoms with Gasteiger partial charge in [-0.25, -0.2) is 0 Å². The molecule has 1 unspecified atom stereocenters. The van der Waals surface area contributed by atoms with E-state index in [0.717, 1.165) is 38.2 Å². The van der Waals surface area contributed by atoms with Crippen LogP contribution in [0.3, 0.4) is 0 Å². The Morgan fingerprint density at radius 1 is 1.43 bits per heavy atom. The molecule has 0 saturated carbocycles. The minimum atomic E-state index is -0.366. The minimum Gasteiger partial charge on any atom is -0.367 e. The summed E-state index contributed by atoms with van der Waals surface area (Å²) < 4.78 is 0. The van der Waals surface area contributed by atoms with Crippen molar-refractivity contribution >= 4 is 23.0 Å². The van der Waals surface area contributed by atoms with Gasteiger partial charge in [0.15, 0.2) is 0 Å². The van der Waals surface area contributed by atoms with Crippen LogP contribution in [-0.4, -0.2) is 42.5 Å². The summed E-state index contributed by atoms with van der Waals surface area (Å²) in [4.78, 5) is 15.4. The van der Waals surface area contributed by atoms with Gasteiger partial charge in [0.1, 0.15) is 0 Å². The molecule has 5 nitrogen and oxygen atoms in total. The first kappa shape index (κ1) is 16.0. The number of benzene rings is 1. The van der Waals surface area contributed by atoms with Crippen LogP contribution in [0.15, 0.2) is 18.2 Å². The molecule has 1 saturated heterocycles. The maximum absolute atomic E-state index is 11.0. The minimum absolute atomic E-state index is 0.105. The lowest BCUT2D eigenvalue weighted by Crippen LogP contribution is -2.39. The van der Waals surface area contributed by atoms with Crippen molar-refractivity contribution < 1.29 is 4.92 Å². The molecule has 0 bridgehead atoms. The lowest BCUT2D eigenvalue weighted by atomic mass is 10.1. The summed E-state index contributed by atoms with van der Waals surface area (Å²) >= 11 is 5.88. The van der Waals surface area contributed by atoms with Gasteiger partial charge in [-0.15, -0.1) is 11.6 Å². The van der Waals surface area contributed by atoms with Crippen molar-refractivity contribution in [3.05, 3.63) is 33.9 Å². The summed E-state index contributed by atoms with van der Waals surface area (Å²) in [5.74, 6) is 0.161. The van der Waals surface area contributed by atoms with Crippen LogP contribution in [-0.2, 0) is 5.88 Å². The third-order valence-electron chi connectivity index (χ3n) is 4.11. The number of halogens is 1. The maximum atomic E-state index is 11.0. The van der Waals surface area contributed by atoms with Crippen molar-refractivity contribution in [2.45, 2.75) is 31.7 Å². The van der Waals surface area contributed by atoms with Gasteiger partial charge in [0.2, 0.25) is 0 Å². The Hall–Kier alpha value is -1.33. The van der Waals surface area contributed by atoms with Crippen molar-refractivity contribution in [1.29, 1.82) is 0 Å². The molecule has 21 heavy (non-hydrogen) atoms. The van der Waals surface area contributed by atoms with Gasteiger partial charge in [0.25, 0.3) is 5.69 Å². The molecule has 0 aliphatic carbocycles. The summed E-state index contributed by atoms with van der Waals surface area (Å²) in [5, 5.41) is 11.0. The third-order valence-corrected chi connectivity index (χ3v) is 4.40. The van der Waals surface area contributed by atoms with Crippen LogP contribution in [0.4, 0.5) is 11.4 Å². The van der Waals surface area contributed by atoms with Crippen molar-refractivity contribution in [3.63, 3.8) is 0 Å². The van der Waals surface area contributed by atoms with Gasteiger partial charge in [-0.3, -0.25) is 10.1 Å². The van der Waals surface area contributed by atoms with Crippen molar-refractivity contribution in [1.82, 2.24) is 4.90 Å². The number of likely N-dealkylation sites (N-methyl/N-ethyl adjacent to an activating group) is 1. The zero-order chi connectivity index (χ0) is 15.4. The molecule has 1 aliphatic rings. The largest absolute Gasteiger partial charge is 0.367 e.